The first kappa shape index (κ1) is 10.4. The second-order valence-corrected chi connectivity index (χ2v) is 4.45. The summed E-state index contributed by atoms with van der Waals surface area (Å²) in [4.78, 5) is 15.7. The number of ketones is 1. The maximum absolute atomic E-state index is 11.5. The molecule has 1 aliphatic rings. The number of imidazole rings is 1. The lowest BCUT2D eigenvalue weighted by molar-refractivity contribution is -0.120. The molecular weight excluding hydrogens is 188 g/mol. The number of Topliss-reactive ketones (excluding diaryl/α,β-unsaturated/α-hetero) is 1. The Hall–Kier alpha value is -1.12. The fraction of sp³-hybridized carbons (Fsp3) is 0.667. The fourth-order valence-corrected chi connectivity index (χ4v) is 2.26. The van der Waals surface area contributed by atoms with Gasteiger partial charge in [0, 0.05) is 24.6 Å². The SMILES string of the molecule is Cc1ncn(CCC2CCCC2=O)c1C. The first-order valence-corrected chi connectivity index (χ1v) is 5.69. The minimum absolute atomic E-state index is 0.312. The smallest absolute Gasteiger partial charge is 0.136 e. The Bertz CT molecular complexity index is 368. The molecule has 1 atom stereocenters. The van der Waals surface area contributed by atoms with Gasteiger partial charge in [0.15, 0.2) is 0 Å². The molecule has 1 aliphatic carbocycles. The fourth-order valence-electron chi connectivity index (χ4n) is 2.26. The number of hydrogen-bond donors (Lipinski definition) is 0. The third-order valence-electron chi connectivity index (χ3n) is 3.49. The topological polar surface area (TPSA) is 34.9 Å². The number of carbonyl (C=O) groups is 1. The van der Waals surface area contributed by atoms with Gasteiger partial charge in [-0.3, -0.25) is 4.79 Å². The van der Waals surface area contributed by atoms with E-state index in [1.165, 1.54) is 5.69 Å². The molecule has 1 fully saturated rings. The number of hydrogen-bond acceptors (Lipinski definition) is 2. The lowest BCUT2D eigenvalue weighted by Crippen LogP contribution is -2.10. The van der Waals surface area contributed by atoms with Gasteiger partial charge < -0.3 is 4.57 Å². The molecule has 0 radical (unpaired) electrons. The predicted octanol–water partition coefficient (Wildman–Crippen LogP) is 2.26. The summed E-state index contributed by atoms with van der Waals surface area (Å²) in [7, 11) is 0. The Kier molecular flexibility index (Phi) is 2.89. The average Bonchev–Trinajstić information content (AvgIpc) is 2.74. The molecule has 15 heavy (non-hydrogen) atoms. The van der Waals surface area contributed by atoms with E-state index in [-0.39, 0.29) is 0 Å². The van der Waals surface area contributed by atoms with Crippen LogP contribution in [0.1, 0.15) is 37.1 Å². The van der Waals surface area contributed by atoms with Crippen LogP contribution in [0.3, 0.4) is 0 Å². The molecule has 1 aromatic rings. The van der Waals surface area contributed by atoms with E-state index >= 15 is 0 Å². The van der Waals surface area contributed by atoms with Gasteiger partial charge >= 0.3 is 0 Å². The summed E-state index contributed by atoms with van der Waals surface area (Å²) in [5.41, 5.74) is 2.31. The maximum Gasteiger partial charge on any atom is 0.136 e. The van der Waals surface area contributed by atoms with E-state index in [0.717, 1.165) is 37.9 Å². The van der Waals surface area contributed by atoms with Crippen LogP contribution in [0.4, 0.5) is 0 Å². The van der Waals surface area contributed by atoms with Crippen molar-refractivity contribution in [1.82, 2.24) is 9.55 Å². The molecule has 3 heteroatoms. The normalized spacial score (nSPS) is 21.2. The van der Waals surface area contributed by atoms with Crippen LogP contribution in [0.5, 0.6) is 0 Å². The summed E-state index contributed by atoms with van der Waals surface area (Å²) in [6.07, 6.45) is 5.84. The first-order chi connectivity index (χ1) is 7.18. The average molecular weight is 206 g/mol. The molecule has 0 aliphatic heterocycles. The zero-order valence-electron chi connectivity index (χ0n) is 9.49. The highest BCUT2D eigenvalue weighted by atomic mass is 16.1. The molecule has 1 unspecified atom stereocenters. The Balaban J connectivity index is 1.93. The van der Waals surface area contributed by atoms with Crippen LogP contribution in [-0.4, -0.2) is 15.3 Å². The van der Waals surface area contributed by atoms with Crippen LogP contribution in [0.2, 0.25) is 0 Å². The summed E-state index contributed by atoms with van der Waals surface area (Å²) in [6, 6.07) is 0. The van der Waals surface area contributed by atoms with Crippen LogP contribution < -0.4 is 0 Å². The zero-order chi connectivity index (χ0) is 10.8. The summed E-state index contributed by atoms with van der Waals surface area (Å²) in [5.74, 6) is 0.775. The van der Waals surface area contributed by atoms with E-state index in [1.807, 2.05) is 13.3 Å². The Labute approximate surface area is 90.5 Å². The van der Waals surface area contributed by atoms with Crippen molar-refractivity contribution in [2.75, 3.05) is 0 Å². The molecule has 0 aromatic carbocycles. The largest absolute Gasteiger partial charge is 0.335 e. The third kappa shape index (κ3) is 2.11. The van der Waals surface area contributed by atoms with Crippen molar-refractivity contribution in [1.29, 1.82) is 0 Å². The molecule has 0 bridgehead atoms. The number of rotatable bonds is 3. The highest BCUT2D eigenvalue weighted by molar-refractivity contribution is 5.82. The number of carbonyl (C=O) groups excluding carboxylic acids is 1. The van der Waals surface area contributed by atoms with E-state index in [2.05, 4.69) is 16.5 Å². The lowest BCUT2D eigenvalue weighted by atomic mass is 10.0. The molecule has 1 aromatic heterocycles. The quantitative estimate of drug-likeness (QED) is 0.760. The molecule has 1 heterocycles. The van der Waals surface area contributed by atoms with Crippen molar-refractivity contribution in [2.24, 2.45) is 5.92 Å². The van der Waals surface area contributed by atoms with Gasteiger partial charge in [-0.05, 0) is 33.1 Å². The van der Waals surface area contributed by atoms with E-state index < -0.39 is 0 Å². The molecule has 3 nitrogen and oxygen atoms in total. The van der Waals surface area contributed by atoms with E-state index in [4.69, 9.17) is 0 Å². The van der Waals surface area contributed by atoms with Crippen LogP contribution in [0.15, 0.2) is 6.33 Å². The molecule has 2 rings (SSSR count). The van der Waals surface area contributed by atoms with Crippen molar-refractivity contribution in [3.63, 3.8) is 0 Å². The summed E-state index contributed by atoms with van der Waals surface area (Å²) in [5, 5.41) is 0. The van der Waals surface area contributed by atoms with E-state index in [9.17, 15) is 4.79 Å². The van der Waals surface area contributed by atoms with Gasteiger partial charge in [0.1, 0.15) is 5.78 Å². The molecule has 0 spiro atoms. The van der Waals surface area contributed by atoms with Crippen molar-refractivity contribution in [2.45, 2.75) is 46.1 Å². The molecular formula is C12H18N2O. The van der Waals surface area contributed by atoms with Crippen LogP contribution in [-0.2, 0) is 11.3 Å². The Morgan fingerprint density at radius 3 is 2.87 bits per heavy atom. The molecule has 1 saturated carbocycles. The maximum atomic E-state index is 11.5. The predicted molar refractivity (Wildman–Crippen MR) is 58.7 cm³/mol. The Morgan fingerprint density at radius 2 is 2.33 bits per heavy atom. The first-order valence-electron chi connectivity index (χ1n) is 5.69. The summed E-state index contributed by atoms with van der Waals surface area (Å²) < 4.78 is 2.15. The van der Waals surface area contributed by atoms with Crippen LogP contribution in [0, 0.1) is 19.8 Å². The minimum Gasteiger partial charge on any atom is -0.335 e. The van der Waals surface area contributed by atoms with Crippen molar-refractivity contribution >= 4 is 5.78 Å². The second kappa shape index (κ2) is 4.17. The highest BCUT2D eigenvalue weighted by Crippen LogP contribution is 2.25. The van der Waals surface area contributed by atoms with Crippen molar-refractivity contribution < 1.29 is 4.79 Å². The van der Waals surface area contributed by atoms with Gasteiger partial charge in [-0.25, -0.2) is 4.98 Å². The molecule has 0 amide bonds. The Morgan fingerprint density at radius 1 is 1.53 bits per heavy atom. The van der Waals surface area contributed by atoms with Gasteiger partial charge in [-0.2, -0.15) is 0 Å². The van der Waals surface area contributed by atoms with Gasteiger partial charge in [-0.1, -0.05) is 0 Å². The number of aromatic nitrogens is 2. The molecule has 0 saturated heterocycles. The molecule has 82 valence electrons. The second-order valence-electron chi connectivity index (χ2n) is 4.45. The van der Waals surface area contributed by atoms with Gasteiger partial charge in [0.05, 0.1) is 12.0 Å². The zero-order valence-corrected chi connectivity index (χ0v) is 9.49. The van der Waals surface area contributed by atoms with E-state index in [0.29, 0.717) is 11.7 Å². The number of nitrogens with zero attached hydrogens (tertiary/aromatic N) is 2. The van der Waals surface area contributed by atoms with Crippen LogP contribution >= 0.6 is 0 Å². The summed E-state index contributed by atoms with van der Waals surface area (Å²) in [6.45, 7) is 5.04. The molecule has 0 N–H and O–H groups in total. The van der Waals surface area contributed by atoms with Crippen molar-refractivity contribution in [3.8, 4) is 0 Å². The van der Waals surface area contributed by atoms with Gasteiger partial charge in [-0.15, -0.1) is 0 Å². The third-order valence-corrected chi connectivity index (χ3v) is 3.49. The lowest BCUT2D eigenvalue weighted by Gasteiger charge is -2.09. The van der Waals surface area contributed by atoms with Crippen molar-refractivity contribution in [3.05, 3.63) is 17.7 Å². The van der Waals surface area contributed by atoms with Crippen LogP contribution in [0.25, 0.3) is 0 Å². The summed E-state index contributed by atoms with van der Waals surface area (Å²) >= 11 is 0. The van der Waals surface area contributed by atoms with Gasteiger partial charge in [0.25, 0.3) is 0 Å². The van der Waals surface area contributed by atoms with E-state index in [1.54, 1.807) is 0 Å². The van der Waals surface area contributed by atoms with Gasteiger partial charge in [0.2, 0.25) is 0 Å². The minimum atomic E-state index is 0.312. The monoisotopic (exact) mass is 206 g/mol. The highest BCUT2D eigenvalue weighted by Gasteiger charge is 2.23. The number of aryl methyl sites for hydroxylation is 2. The standard InChI is InChI=1S/C12H18N2O/c1-9-10(2)14(8-13-9)7-6-11-4-3-5-12(11)15/h8,11H,3-7H2,1-2H3.